The first-order valence-electron chi connectivity index (χ1n) is 9.49. The predicted molar refractivity (Wildman–Crippen MR) is 118 cm³/mol. The molecule has 6 nitrogen and oxygen atoms in total. The molecule has 2 N–H and O–H groups in total. The van der Waals surface area contributed by atoms with Crippen molar-refractivity contribution in [2.45, 2.75) is 20.3 Å². The van der Waals surface area contributed by atoms with Gasteiger partial charge in [-0.1, -0.05) is 37.4 Å². The fraction of sp³-hybridized carbons (Fsp3) is 0.304. The van der Waals surface area contributed by atoms with Crippen molar-refractivity contribution in [3.63, 3.8) is 0 Å². The van der Waals surface area contributed by atoms with Gasteiger partial charge in [0.2, 0.25) is 5.91 Å². The zero-order valence-corrected chi connectivity index (χ0v) is 18.0. The van der Waals surface area contributed by atoms with Crippen molar-refractivity contribution < 1.29 is 19.1 Å². The molecule has 0 radical (unpaired) electrons. The van der Waals surface area contributed by atoms with Crippen molar-refractivity contribution in [3.8, 4) is 23.8 Å². The maximum absolute atomic E-state index is 12.5. The molecule has 0 bridgehead atoms. The van der Waals surface area contributed by atoms with Crippen LogP contribution in [0.15, 0.2) is 36.4 Å². The lowest BCUT2D eigenvalue weighted by Crippen LogP contribution is -2.32. The highest BCUT2D eigenvalue weighted by Gasteiger charge is 2.17. The molecule has 2 aromatic carbocycles. The third-order valence-corrected chi connectivity index (χ3v) is 4.44. The number of halogens is 1. The van der Waals surface area contributed by atoms with E-state index in [0.717, 1.165) is 6.42 Å². The summed E-state index contributed by atoms with van der Waals surface area (Å²) in [7, 11) is 1.47. The van der Waals surface area contributed by atoms with Gasteiger partial charge in [-0.3, -0.25) is 9.59 Å². The van der Waals surface area contributed by atoms with Crippen LogP contribution in [-0.2, 0) is 4.79 Å². The molecule has 30 heavy (non-hydrogen) atoms. The summed E-state index contributed by atoms with van der Waals surface area (Å²) in [6, 6.07) is 9.89. The number of rotatable bonds is 9. The van der Waals surface area contributed by atoms with E-state index in [1.165, 1.54) is 19.2 Å². The van der Waals surface area contributed by atoms with Gasteiger partial charge in [-0.05, 0) is 42.7 Å². The van der Waals surface area contributed by atoms with Gasteiger partial charge in [-0.15, -0.1) is 6.42 Å². The first-order valence-corrected chi connectivity index (χ1v) is 9.87. The van der Waals surface area contributed by atoms with Crippen LogP contribution in [0.25, 0.3) is 0 Å². The number of amides is 2. The van der Waals surface area contributed by atoms with Crippen molar-refractivity contribution in [2.75, 3.05) is 25.6 Å². The van der Waals surface area contributed by atoms with E-state index < -0.39 is 5.91 Å². The van der Waals surface area contributed by atoms with Gasteiger partial charge in [0.05, 0.1) is 25.3 Å². The molecule has 0 aromatic heterocycles. The van der Waals surface area contributed by atoms with E-state index >= 15 is 0 Å². The van der Waals surface area contributed by atoms with Gasteiger partial charge in [0.1, 0.15) is 0 Å². The van der Waals surface area contributed by atoms with Crippen LogP contribution in [0.3, 0.4) is 0 Å². The maximum atomic E-state index is 12.5. The van der Waals surface area contributed by atoms with E-state index in [2.05, 4.69) is 30.4 Å². The highest BCUT2D eigenvalue weighted by atomic mass is 35.5. The van der Waals surface area contributed by atoms with Crippen LogP contribution in [-0.4, -0.2) is 32.1 Å². The summed E-state index contributed by atoms with van der Waals surface area (Å²) in [5.41, 5.74) is 1.46. The Kier molecular flexibility index (Phi) is 8.57. The Labute approximate surface area is 181 Å². The van der Waals surface area contributed by atoms with Gasteiger partial charge in [-0.25, -0.2) is 0 Å². The number of benzene rings is 2. The Bertz CT molecular complexity index is 951. The van der Waals surface area contributed by atoms with E-state index in [1.54, 1.807) is 24.3 Å². The predicted octanol–water partition coefficient (Wildman–Crippen LogP) is 4.12. The van der Waals surface area contributed by atoms with Crippen LogP contribution in [0.5, 0.6) is 11.5 Å². The number of carbonyl (C=O) groups excluding carboxylic acids is 2. The fourth-order valence-electron chi connectivity index (χ4n) is 2.54. The standard InChI is InChI=1S/C23H25ClN2O4/c1-5-16-7-6-8-18(11-16)26-21(27)14-25-23(28)17-12-19(24)22(20(13-17)29-4)30-10-9-15(2)3/h1,6-8,11-13,15H,9-10,14H2,2-4H3,(H,25,28)(H,26,27). The Hall–Kier alpha value is -3.17. The average Bonchev–Trinajstić information content (AvgIpc) is 2.72. The van der Waals surface area contributed by atoms with Gasteiger partial charge < -0.3 is 20.1 Å². The third-order valence-electron chi connectivity index (χ3n) is 4.16. The quantitative estimate of drug-likeness (QED) is 0.589. The summed E-state index contributed by atoms with van der Waals surface area (Å²) in [6.45, 7) is 4.46. The summed E-state index contributed by atoms with van der Waals surface area (Å²) in [5.74, 6) is 2.88. The van der Waals surface area contributed by atoms with E-state index in [0.29, 0.717) is 35.3 Å². The molecule has 0 heterocycles. The van der Waals surface area contributed by atoms with Crippen LogP contribution in [0.1, 0.15) is 36.2 Å². The topological polar surface area (TPSA) is 76.7 Å². The molecule has 158 valence electrons. The third kappa shape index (κ3) is 6.71. The molecular weight excluding hydrogens is 404 g/mol. The highest BCUT2D eigenvalue weighted by molar-refractivity contribution is 6.32. The van der Waals surface area contributed by atoms with Gasteiger partial charge >= 0.3 is 0 Å². The number of hydrogen-bond acceptors (Lipinski definition) is 4. The molecule has 0 unspecified atom stereocenters. The van der Waals surface area contributed by atoms with Crippen LogP contribution in [0.4, 0.5) is 5.69 Å². The van der Waals surface area contributed by atoms with Gasteiger partial charge in [0, 0.05) is 16.8 Å². The summed E-state index contributed by atoms with van der Waals surface area (Å²) in [6.07, 6.45) is 6.21. The molecule has 0 fully saturated rings. The van der Waals surface area contributed by atoms with Crippen LogP contribution >= 0.6 is 11.6 Å². The smallest absolute Gasteiger partial charge is 0.251 e. The van der Waals surface area contributed by atoms with E-state index in [4.69, 9.17) is 27.5 Å². The number of hydrogen-bond donors (Lipinski definition) is 2. The average molecular weight is 429 g/mol. The second-order valence-corrected chi connectivity index (χ2v) is 7.38. The first-order chi connectivity index (χ1) is 14.3. The van der Waals surface area contributed by atoms with Crippen LogP contribution < -0.4 is 20.1 Å². The van der Waals surface area contributed by atoms with Gasteiger partial charge in [-0.2, -0.15) is 0 Å². The van der Waals surface area contributed by atoms with Crippen LogP contribution in [0.2, 0.25) is 5.02 Å². The Morgan fingerprint density at radius 3 is 2.67 bits per heavy atom. The molecular formula is C23H25ClN2O4. The molecule has 2 aromatic rings. The molecule has 0 atom stereocenters. The zero-order chi connectivity index (χ0) is 22.1. The molecule has 0 aliphatic rings. The second-order valence-electron chi connectivity index (χ2n) is 6.98. The van der Waals surface area contributed by atoms with Crippen molar-refractivity contribution in [3.05, 3.63) is 52.5 Å². The van der Waals surface area contributed by atoms with Crippen molar-refractivity contribution in [1.29, 1.82) is 0 Å². The zero-order valence-electron chi connectivity index (χ0n) is 17.3. The highest BCUT2D eigenvalue weighted by Crippen LogP contribution is 2.36. The minimum absolute atomic E-state index is 0.217. The molecule has 0 aliphatic heterocycles. The monoisotopic (exact) mass is 428 g/mol. The Balaban J connectivity index is 1.99. The number of ether oxygens (including phenoxy) is 2. The number of nitrogens with one attached hydrogen (secondary N) is 2. The maximum Gasteiger partial charge on any atom is 0.251 e. The number of anilines is 1. The van der Waals surface area contributed by atoms with Gasteiger partial charge in [0.25, 0.3) is 5.91 Å². The van der Waals surface area contributed by atoms with Gasteiger partial charge in [0.15, 0.2) is 11.5 Å². The largest absolute Gasteiger partial charge is 0.493 e. The first kappa shape index (κ1) is 23.1. The van der Waals surface area contributed by atoms with Crippen molar-refractivity contribution in [2.24, 2.45) is 5.92 Å². The molecule has 2 amide bonds. The van der Waals surface area contributed by atoms with Crippen molar-refractivity contribution >= 4 is 29.1 Å². The lowest BCUT2D eigenvalue weighted by Gasteiger charge is -2.15. The van der Waals surface area contributed by atoms with Crippen molar-refractivity contribution in [1.82, 2.24) is 5.32 Å². The molecule has 7 heteroatoms. The fourth-order valence-corrected chi connectivity index (χ4v) is 2.81. The summed E-state index contributed by atoms with van der Waals surface area (Å²) in [5, 5.41) is 5.50. The Morgan fingerprint density at radius 2 is 2.00 bits per heavy atom. The summed E-state index contributed by atoms with van der Waals surface area (Å²) < 4.78 is 11.0. The molecule has 0 saturated carbocycles. The SMILES string of the molecule is C#Cc1cccc(NC(=O)CNC(=O)c2cc(Cl)c(OCCC(C)C)c(OC)c2)c1. The minimum atomic E-state index is -0.462. The molecule has 0 saturated heterocycles. The summed E-state index contributed by atoms with van der Waals surface area (Å²) in [4.78, 5) is 24.6. The lowest BCUT2D eigenvalue weighted by molar-refractivity contribution is -0.115. The molecule has 0 aliphatic carbocycles. The van der Waals surface area contributed by atoms with Crippen LogP contribution in [0, 0.1) is 18.3 Å². The normalized spacial score (nSPS) is 10.3. The number of terminal acetylenes is 1. The Morgan fingerprint density at radius 1 is 1.23 bits per heavy atom. The minimum Gasteiger partial charge on any atom is -0.493 e. The number of carbonyl (C=O) groups is 2. The second kappa shape index (κ2) is 11.1. The lowest BCUT2D eigenvalue weighted by atomic mass is 10.1. The summed E-state index contributed by atoms with van der Waals surface area (Å²) >= 11 is 6.29. The van der Waals surface area contributed by atoms with E-state index in [1.807, 2.05) is 0 Å². The van der Waals surface area contributed by atoms with E-state index in [-0.39, 0.29) is 23.0 Å². The van der Waals surface area contributed by atoms with E-state index in [9.17, 15) is 9.59 Å². The molecule has 2 rings (SSSR count). The molecule has 0 spiro atoms. The number of methoxy groups -OCH3 is 1.